The number of esters is 2. The van der Waals surface area contributed by atoms with Crippen molar-refractivity contribution in [2.45, 2.75) is 0 Å². The van der Waals surface area contributed by atoms with Crippen molar-refractivity contribution in [2.24, 2.45) is 7.05 Å². The van der Waals surface area contributed by atoms with E-state index in [0.717, 1.165) is 6.08 Å². The number of aryl methyl sites for hydroxylation is 1. The number of ether oxygens (including phenoxy) is 2. The number of anilines is 1. The maximum absolute atomic E-state index is 12.0. The minimum absolute atomic E-state index is 0.116. The Hall–Kier alpha value is -4.21. The number of nitrogens with one attached hydrogen (secondary N) is 1. The topological polar surface area (TPSA) is 133 Å². The molecular weight excluding hydrogens is 392 g/mol. The van der Waals surface area contributed by atoms with Crippen LogP contribution in [0.1, 0.15) is 10.5 Å². The Labute approximate surface area is 170 Å². The predicted molar refractivity (Wildman–Crippen MR) is 107 cm³/mol. The molecule has 1 aromatic carbocycles. The fourth-order valence-corrected chi connectivity index (χ4v) is 2.92. The summed E-state index contributed by atoms with van der Waals surface area (Å²) in [4.78, 5) is 39.4. The first-order chi connectivity index (χ1) is 14.3. The fraction of sp³-hybridized carbons (Fsp3) is 0.150. The molecule has 0 saturated heterocycles. The second-order valence-electron chi connectivity index (χ2n) is 6.11. The number of fused-ring (bicyclic) bond motifs is 1. The molecule has 2 heterocycles. The van der Waals surface area contributed by atoms with Crippen LogP contribution in [0.3, 0.4) is 0 Å². The van der Waals surface area contributed by atoms with Gasteiger partial charge < -0.3 is 19.9 Å². The number of carboxylic acids is 1. The second kappa shape index (κ2) is 8.43. The summed E-state index contributed by atoms with van der Waals surface area (Å²) in [6, 6.07) is 8.55. The van der Waals surface area contributed by atoms with Crippen LogP contribution in [0, 0.1) is 0 Å². The molecule has 2 N–H and O–H groups in total. The third-order valence-electron chi connectivity index (χ3n) is 4.25. The summed E-state index contributed by atoms with van der Waals surface area (Å²) < 4.78 is 10.6. The van der Waals surface area contributed by atoms with E-state index in [1.165, 1.54) is 18.9 Å². The molecule has 3 aromatic rings. The molecule has 0 radical (unpaired) electrons. The summed E-state index contributed by atoms with van der Waals surface area (Å²) in [5.41, 5.74) is 1.92. The van der Waals surface area contributed by atoms with E-state index in [9.17, 15) is 19.5 Å². The van der Waals surface area contributed by atoms with Gasteiger partial charge in [-0.3, -0.25) is 0 Å². The molecule has 0 unspecified atom stereocenters. The molecule has 0 atom stereocenters. The number of carbonyl (C=O) groups is 3. The van der Waals surface area contributed by atoms with Crippen molar-refractivity contribution < 1.29 is 29.0 Å². The SMILES string of the molecule is COC(=O)/C=C(/Nc1cccc(-c2ccnc3c2c(C(=O)O)nn3C)c1)C(=O)OC. The van der Waals surface area contributed by atoms with Crippen LogP contribution >= 0.6 is 0 Å². The van der Waals surface area contributed by atoms with E-state index >= 15 is 0 Å². The third-order valence-corrected chi connectivity index (χ3v) is 4.25. The van der Waals surface area contributed by atoms with Crippen LogP contribution in [-0.2, 0) is 26.1 Å². The molecule has 0 amide bonds. The maximum Gasteiger partial charge on any atom is 0.357 e. The van der Waals surface area contributed by atoms with Gasteiger partial charge in [-0.25, -0.2) is 24.0 Å². The van der Waals surface area contributed by atoms with Gasteiger partial charge in [-0.05, 0) is 29.3 Å². The summed E-state index contributed by atoms with van der Waals surface area (Å²) >= 11 is 0. The van der Waals surface area contributed by atoms with Gasteiger partial charge in [0.05, 0.1) is 25.7 Å². The first-order valence-corrected chi connectivity index (χ1v) is 8.66. The van der Waals surface area contributed by atoms with E-state index in [4.69, 9.17) is 0 Å². The zero-order valence-corrected chi connectivity index (χ0v) is 16.4. The van der Waals surface area contributed by atoms with E-state index in [0.29, 0.717) is 27.8 Å². The van der Waals surface area contributed by atoms with Crippen LogP contribution in [0.5, 0.6) is 0 Å². The standard InChI is InChI=1S/C20H18N4O6/c1-24-18-16(17(23-24)19(26)27)13(7-8-21-18)11-5-4-6-12(9-11)22-14(20(28)30-3)10-15(25)29-2/h4-10,22H,1-3H3,(H,26,27)/b14-10+. The van der Waals surface area contributed by atoms with Gasteiger partial charge in [0, 0.05) is 18.9 Å². The van der Waals surface area contributed by atoms with E-state index in [2.05, 4.69) is 24.9 Å². The van der Waals surface area contributed by atoms with Gasteiger partial charge in [0.1, 0.15) is 5.70 Å². The van der Waals surface area contributed by atoms with Gasteiger partial charge in [-0.2, -0.15) is 5.10 Å². The average molecular weight is 410 g/mol. The van der Waals surface area contributed by atoms with Crippen molar-refractivity contribution in [3.8, 4) is 11.1 Å². The Morgan fingerprint density at radius 2 is 1.93 bits per heavy atom. The second-order valence-corrected chi connectivity index (χ2v) is 6.11. The Morgan fingerprint density at radius 3 is 2.60 bits per heavy atom. The monoisotopic (exact) mass is 410 g/mol. The van der Waals surface area contributed by atoms with Crippen molar-refractivity contribution >= 4 is 34.6 Å². The fourth-order valence-electron chi connectivity index (χ4n) is 2.92. The lowest BCUT2D eigenvalue weighted by Gasteiger charge is -2.11. The minimum atomic E-state index is -1.17. The van der Waals surface area contributed by atoms with Gasteiger partial charge in [-0.15, -0.1) is 0 Å². The maximum atomic E-state index is 12.0. The van der Waals surface area contributed by atoms with Crippen LogP contribution in [0.25, 0.3) is 22.2 Å². The van der Waals surface area contributed by atoms with Gasteiger partial charge in [0.2, 0.25) is 0 Å². The van der Waals surface area contributed by atoms with Crippen molar-refractivity contribution in [3.05, 3.63) is 54.0 Å². The van der Waals surface area contributed by atoms with Gasteiger partial charge in [0.15, 0.2) is 11.3 Å². The highest BCUT2D eigenvalue weighted by atomic mass is 16.5. The Kier molecular flexibility index (Phi) is 5.77. The minimum Gasteiger partial charge on any atom is -0.476 e. The summed E-state index contributed by atoms with van der Waals surface area (Å²) in [6.45, 7) is 0. The molecule has 2 aromatic heterocycles. The predicted octanol–water partition coefficient (Wildman–Crippen LogP) is 1.98. The summed E-state index contributed by atoms with van der Waals surface area (Å²) in [7, 11) is 4.00. The molecule has 0 bridgehead atoms. The van der Waals surface area contributed by atoms with Crippen molar-refractivity contribution in [1.82, 2.24) is 14.8 Å². The molecule has 0 saturated carbocycles. The molecule has 0 fully saturated rings. The highest BCUT2D eigenvalue weighted by molar-refractivity contribution is 6.07. The Morgan fingerprint density at radius 1 is 1.17 bits per heavy atom. The van der Waals surface area contributed by atoms with Crippen molar-refractivity contribution in [1.29, 1.82) is 0 Å². The number of carboxylic acid groups (broad SMARTS) is 1. The summed E-state index contributed by atoms with van der Waals surface area (Å²) in [6.07, 6.45) is 2.54. The number of hydrogen-bond donors (Lipinski definition) is 2. The van der Waals surface area contributed by atoms with Gasteiger partial charge in [0.25, 0.3) is 0 Å². The Balaban J connectivity index is 2.08. The molecule has 10 nitrogen and oxygen atoms in total. The van der Waals surface area contributed by atoms with Crippen LogP contribution in [0.2, 0.25) is 0 Å². The molecular formula is C20H18N4O6. The number of aromatic nitrogens is 3. The number of hydrogen-bond acceptors (Lipinski definition) is 8. The molecule has 154 valence electrons. The third kappa shape index (κ3) is 3.97. The lowest BCUT2D eigenvalue weighted by molar-refractivity contribution is -0.138. The van der Waals surface area contributed by atoms with Crippen LogP contribution < -0.4 is 5.32 Å². The average Bonchev–Trinajstić information content (AvgIpc) is 3.10. The molecule has 10 heteroatoms. The summed E-state index contributed by atoms with van der Waals surface area (Å²) in [5.74, 6) is -2.65. The first-order valence-electron chi connectivity index (χ1n) is 8.66. The molecule has 0 aliphatic carbocycles. The number of aromatic carboxylic acids is 1. The quantitative estimate of drug-likeness (QED) is 0.462. The molecule has 0 spiro atoms. The lowest BCUT2D eigenvalue weighted by Crippen LogP contribution is -2.15. The number of nitrogens with zero attached hydrogens (tertiary/aromatic N) is 3. The molecule has 3 rings (SSSR count). The van der Waals surface area contributed by atoms with Crippen LogP contribution in [0.4, 0.5) is 5.69 Å². The molecule has 0 aliphatic heterocycles. The van der Waals surface area contributed by atoms with Gasteiger partial charge >= 0.3 is 17.9 Å². The zero-order valence-electron chi connectivity index (χ0n) is 16.4. The largest absolute Gasteiger partial charge is 0.476 e. The van der Waals surface area contributed by atoms with E-state index in [1.807, 2.05) is 0 Å². The number of methoxy groups -OCH3 is 2. The van der Waals surface area contributed by atoms with Crippen molar-refractivity contribution in [2.75, 3.05) is 19.5 Å². The number of rotatable bonds is 6. The Bertz CT molecular complexity index is 1180. The highest BCUT2D eigenvalue weighted by Gasteiger charge is 2.20. The van der Waals surface area contributed by atoms with E-state index in [1.54, 1.807) is 43.6 Å². The smallest absolute Gasteiger partial charge is 0.357 e. The molecule has 30 heavy (non-hydrogen) atoms. The van der Waals surface area contributed by atoms with E-state index < -0.39 is 17.9 Å². The van der Waals surface area contributed by atoms with Crippen LogP contribution in [-0.4, -0.2) is 52.0 Å². The van der Waals surface area contributed by atoms with Crippen LogP contribution in [0.15, 0.2) is 48.3 Å². The number of carbonyl (C=O) groups excluding carboxylic acids is 2. The number of pyridine rings is 1. The lowest BCUT2D eigenvalue weighted by atomic mass is 10.0. The summed E-state index contributed by atoms with van der Waals surface area (Å²) in [5, 5.41) is 16.8. The van der Waals surface area contributed by atoms with Gasteiger partial charge in [-0.1, -0.05) is 12.1 Å². The zero-order chi connectivity index (χ0) is 21.8. The normalized spacial score (nSPS) is 11.2. The number of benzene rings is 1. The van der Waals surface area contributed by atoms with Crippen molar-refractivity contribution in [3.63, 3.8) is 0 Å². The highest BCUT2D eigenvalue weighted by Crippen LogP contribution is 2.31. The van der Waals surface area contributed by atoms with E-state index in [-0.39, 0.29) is 11.4 Å². The first kappa shape index (κ1) is 20.5. The molecule has 0 aliphatic rings.